The lowest BCUT2D eigenvalue weighted by Gasteiger charge is -2.18. The molecule has 5 nitrogen and oxygen atoms in total. The van der Waals surface area contributed by atoms with E-state index < -0.39 is 30.2 Å². The van der Waals surface area contributed by atoms with Gasteiger partial charge in [-0.15, -0.1) is 0 Å². The third-order valence-corrected chi connectivity index (χ3v) is 7.04. The third-order valence-electron chi connectivity index (χ3n) is 7.04. The Morgan fingerprint density at radius 3 is 2.09 bits per heavy atom. The molecule has 0 aliphatic heterocycles. The molecular formula is C35H33F5N2O3. The van der Waals surface area contributed by atoms with Crippen molar-refractivity contribution < 1.29 is 36.2 Å². The average molecular weight is 625 g/mol. The Morgan fingerprint density at radius 2 is 1.44 bits per heavy atom. The summed E-state index contributed by atoms with van der Waals surface area (Å²) in [4.78, 5) is 12.5. The second-order valence-corrected chi connectivity index (χ2v) is 10.6. The van der Waals surface area contributed by atoms with Crippen molar-refractivity contribution >= 4 is 23.4 Å². The van der Waals surface area contributed by atoms with Gasteiger partial charge in [0.05, 0.1) is 5.56 Å². The number of anilines is 2. The molecule has 0 aliphatic rings. The number of alkyl halides is 5. The molecule has 0 saturated carbocycles. The molecular weight excluding hydrogens is 591 g/mol. The maximum absolute atomic E-state index is 14.8. The highest BCUT2D eigenvalue weighted by Crippen LogP contribution is 2.33. The number of carbonyl (C=O) groups excluding carboxylic acids is 1. The van der Waals surface area contributed by atoms with E-state index >= 15 is 0 Å². The van der Waals surface area contributed by atoms with Gasteiger partial charge in [0, 0.05) is 23.9 Å². The highest BCUT2D eigenvalue weighted by Gasteiger charge is 2.34. The largest absolute Gasteiger partial charge is 0.458 e. The molecule has 0 atom stereocenters. The molecule has 0 aromatic heterocycles. The molecule has 0 aliphatic carbocycles. The Bertz CT molecular complexity index is 1630. The standard InChI is InChI=1S/C35H33F5N2O3/c1-23-20-28(41)12-16-31(23)32-17-13-29(42)21-26(32)22-44-33(43)18-9-25-5-10-27(11-6-25)35(39,40)45-30-14-7-24(8-15-30)4-2-3-19-34(36,37)38/h5-18,20-21H,2-4,19,22,41-42H2,1H3/b18-9+. The molecule has 0 unspecified atom stereocenters. The summed E-state index contributed by atoms with van der Waals surface area (Å²) >= 11 is 0. The number of nitrogens with two attached hydrogens (primary N) is 2. The van der Waals surface area contributed by atoms with Gasteiger partial charge in [0.25, 0.3) is 0 Å². The lowest BCUT2D eigenvalue weighted by Crippen LogP contribution is -2.21. The van der Waals surface area contributed by atoms with Crippen molar-refractivity contribution in [1.82, 2.24) is 0 Å². The molecule has 4 aromatic rings. The van der Waals surface area contributed by atoms with E-state index in [0.29, 0.717) is 35.3 Å². The number of unbranched alkanes of at least 4 members (excludes halogenated alkanes) is 1. The summed E-state index contributed by atoms with van der Waals surface area (Å²) in [7, 11) is 0. The molecule has 0 bridgehead atoms. The molecule has 0 spiro atoms. The predicted molar refractivity (Wildman–Crippen MR) is 165 cm³/mol. The van der Waals surface area contributed by atoms with Gasteiger partial charge in [-0.3, -0.25) is 0 Å². The molecule has 4 rings (SSSR count). The highest BCUT2D eigenvalue weighted by atomic mass is 19.4. The fourth-order valence-corrected chi connectivity index (χ4v) is 4.72. The minimum atomic E-state index is -4.19. The summed E-state index contributed by atoms with van der Waals surface area (Å²) in [5.74, 6) is -0.709. The van der Waals surface area contributed by atoms with Crippen LogP contribution in [0.3, 0.4) is 0 Å². The van der Waals surface area contributed by atoms with Crippen LogP contribution in [0.5, 0.6) is 5.75 Å². The van der Waals surface area contributed by atoms with Crippen LogP contribution < -0.4 is 16.2 Å². The quantitative estimate of drug-likeness (QED) is 0.0540. The zero-order valence-corrected chi connectivity index (χ0v) is 24.5. The zero-order chi connectivity index (χ0) is 32.6. The van der Waals surface area contributed by atoms with Crippen LogP contribution in [0, 0.1) is 6.92 Å². The third kappa shape index (κ3) is 9.82. The Labute approximate surface area is 258 Å². The van der Waals surface area contributed by atoms with E-state index in [1.54, 1.807) is 30.3 Å². The van der Waals surface area contributed by atoms with Gasteiger partial charge in [-0.25, -0.2) is 4.79 Å². The van der Waals surface area contributed by atoms with Crippen LogP contribution in [0.15, 0.2) is 91.0 Å². The van der Waals surface area contributed by atoms with Gasteiger partial charge >= 0.3 is 18.3 Å². The molecule has 10 heteroatoms. The molecule has 4 aromatic carbocycles. The van der Waals surface area contributed by atoms with E-state index in [0.717, 1.165) is 22.3 Å². The molecule has 0 radical (unpaired) electrons. The van der Waals surface area contributed by atoms with Gasteiger partial charge in [0.15, 0.2) is 0 Å². The van der Waals surface area contributed by atoms with Gasteiger partial charge in [-0.1, -0.05) is 36.4 Å². The summed E-state index contributed by atoms with van der Waals surface area (Å²) in [6, 6.07) is 21.9. The Hall–Kier alpha value is -4.86. The summed E-state index contributed by atoms with van der Waals surface area (Å²) in [6.07, 6.45) is -5.30. The summed E-state index contributed by atoms with van der Waals surface area (Å²) in [5.41, 5.74) is 17.3. The number of esters is 1. The fourth-order valence-electron chi connectivity index (χ4n) is 4.72. The number of benzene rings is 4. The Balaban J connectivity index is 1.31. The van der Waals surface area contributed by atoms with E-state index in [2.05, 4.69) is 0 Å². The number of rotatable bonds is 12. The van der Waals surface area contributed by atoms with Gasteiger partial charge in [0.1, 0.15) is 12.4 Å². The summed E-state index contributed by atoms with van der Waals surface area (Å²) < 4.78 is 76.8. The van der Waals surface area contributed by atoms with Crippen LogP contribution in [-0.2, 0) is 28.7 Å². The summed E-state index contributed by atoms with van der Waals surface area (Å²) in [5, 5.41) is 0. The van der Waals surface area contributed by atoms with Crippen molar-refractivity contribution in [3.63, 3.8) is 0 Å². The smallest absolute Gasteiger partial charge is 0.426 e. The van der Waals surface area contributed by atoms with Crippen molar-refractivity contribution in [2.75, 3.05) is 11.5 Å². The Morgan fingerprint density at radius 1 is 0.800 bits per heavy atom. The number of aryl methyl sites for hydroxylation is 2. The lowest BCUT2D eigenvalue weighted by molar-refractivity contribution is -0.185. The van der Waals surface area contributed by atoms with Crippen molar-refractivity contribution in [3.05, 3.63) is 119 Å². The maximum Gasteiger partial charge on any atom is 0.426 e. The van der Waals surface area contributed by atoms with Gasteiger partial charge < -0.3 is 20.9 Å². The first-order valence-corrected chi connectivity index (χ1v) is 14.2. The van der Waals surface area contributed by atoms with Crippen LogP contribution in [0.4, 0.5) is 33.3 Å². The molecule has 0 saturated heterocycles. The monoisotopic (exact) mass is 624 g/mol. The second kappa shape index (κ2) is 14.3. The van der Waals surface area contributed by atoms with Crippen LogP contribution in [0.1, 0.15) is 47.1 Å². The van der Waals surface area contributed by atoms with Crippen molar-refractivity contribution in [1.29, 1.82) is 0 Å². The number of nitrogen functional groups attached to an aromatic ring is 2. The minimum absolute atomic E-state index is 0.00131. The van der Waals surface area contributed by atoms with Crippen LogP contribution in [0.2, 0.25) is 0 Å². The first-order valence-electron chi connectivity index (χ1n) is 14.2. The number of halogens is 5. The van der Waals surface area contributed by atoms with Gasteiger partial charge in [0.2, 0.25) is 0 Å². The minimum Gasteiger partial charge on any atom is -0.458 e. The zero-order valence-electron chi connectivity index (χ0n) is 24.5. The number of hydrogen-bond donors (Lipinski definition) is 2. The van der Waals surface area contributed by atoms with Crippen LogP contribution in [-0.4, -0.2) is 12.1 Å². The molecule has 4 N–H and O–H groups in total. The molecule has 0 heterocycles. The molecule has 0 amide bonds. The van der Waals surface area contributed by atoms with Crippen molar-refractivity contribution in [2.45, 2.75) is 51.5 Å². The maximum atomic E-state index is 14.8. The number of ether oxygens (including phenoxy) is 2. The molecule has 45 heavy (non-hydrogen) atoms. The summed E-state index contributed by atoms with van der Waals surface area (Å²) in [6.45, 7) is 1.90. The van der Waals surface area contributed by atoms with Crippen LogP contribution in [0.25, 0.3) is 17.2 Å². The van der Waals surface area contributed by atoms with E-state index in [1.165, 1.54) is 48.6 Å². The fraction of sp³-hybridized carbons (Fsp3) is 0.229. The normalized spacial score (nSPS) is 12.0. The van der Waals surface area contributed by atoms with Gasteiger partial charge in [-0.05, 0) is 114 Å². The average Bonchev–Trinajstić information content (AvgIpc) is 2.98. The van der Waals surface area contributed by atoms with E-state index in [-0.39, 0.29) is 18.8 Å². The first-order chi connectivity index (χ1) is 21.3. The number of carbonyl (C=O) groups is 1. The van der Waals surface area contributed by atoms with Crippen LogP contribution >= 0.6 is 0 Å². The molecule has 236 valence electrons. The van der Waals surface area contributed by atoms with E-state index in [1.807, 2.05) is 25.1 Å². The highest BCUT2D eigenvalue weighted by molar-refractivity contribution is 5.87. The SMILES string of the molecule is Cc1cc(N)ccc1-c1ccc(N)cc1COC(=O)/C=C/c1ccc(C(F)(F)Oc2ccc(CCCCC(F)(F)F)cc2)cc1. The second-order valence-electron chi connectivity index (χ2n) is 10.6. The Kier molecular flexibility index (Phi) is 10.5. The number of hydrogen-bond acceptors (Lipinski definition) is 5. The topological polar surface area (TPSA) is 87.6 Å². The molecule has 0 fully saturated rings. The van der Waals surface area contributed by atoms with Crippen molar-refractivity contribution in [3.8, 4) is 16.9 Å². The van der Waals surface area contributed by atoms with E-state index in [9.17, 15) is 26.7 Å². The predicted octanol–water partition coefficient (Wildman–Crippen LogP) is 8.99. The lowest BCUT2D eigenvalue weighted by atomic mass is 9.95. The van der Waals surface area contributed by atoms with Crippen molar-refractivity contribution in [2.24, 2.45) is 0 Å². The first kappa shape index (κ1) is 33.0. The van der Waals surface area contributed by atoms with E-state index in [4.69, 9.17) is 20.9 Å². The van der Waals surface area contributed by atoms with Gasteiger partial charge in [-0.2, -0.15) is 22.0 Å².